The van der Waals surface area contributed by atoms with Crippen LogP contribution in [0.3, 0.4) is 0 Å². The molecule has 0 bridgehead atoms. The molecule has 0 unspecified atom stereocenters. The monoisotopic (exact) mass is 347 g/mol. The molecule has 1 saturated heterocycles. The number of nitrogens with one attached hydrogen (secondary N) is 1. The second-order valence-corrected chi connectivity index (χ2v) is 9.63. The smallest absolute Gasteiger partial charge is 0.278 e. The Hall–Kier alpha value is -1.80. The van der Waals surface area contributed by atoms with E-state index in [9.17, 15) is 13.2 Å². The normalized spacial score (nSPS) is 25.1. The maximum atomic E-state index is 12.9. The van der Waals surface area contributed by atoms with Crippen LogP contribution in [0.25, 0.3) is 21.9 Å². The van der Waals surface area contributed by atoms with Crippen molar-refractivity contribution in [2.45, 2.75) is 23.4 Å². The average Bonchev–Trinajstić information content (AvgIpc) is 3.07. The zero-order chi connectivity index (χ0) is 15.9. The second kappa shape index (κ2) is 4.18. The van der Waals surface area contributed by atoms with E-state index in [-0.39, 0.29) is 28.4 Å². The zero-order valence-corrected chi connectivity index (χ0v) is 13.9. The van der Waals surface area contributed by atoms with Gasteiger partial charge >= 0.3 is 0 Å². The van der Waals surface area contributed by atoms with E-state index in [1.807, 2.05) is 25.1 Å². The maximum absolute atomic E-state index is 12.9. The molecule has 2 aliphatic heterocycles. The first-order valence-electron chi connectivity index (χ1n) is 7.35. The van der Waals surface area contributed by atoms with Gasteiger partial charge < -0.3 is 4.98 Å². The van der Waals surface area contributed by atoms with Crippen LogP contribution in [0, 0.1) is 6.92 Å². The molecule has 0 aliphatic carbocycles. The first-order valence-corrected chi connectivity index (χ1v) is 10.0. The Kier molecular flexibility index (Phi) is 2.48. The SMILES string of the molecule is Cc1ccc2[nH]c3c(=O)n4c(nc3c2c1)S[C@@H]1CS(=O)(=O)C[C@@H]14. The number of aromatic amines is 1. The summed E-state index contributed by atoms with van der Waals surface area (Å²) in [5, 5.41) is 1.47. The third-order valence-corrected chi connectivity index (χ3v) is 7.84. The van der Waals surface area contributed by atoms with Crippen LogP contribution < -0.4 is 5.56 Å². The van der Waals surface area contributed by atoms with Crippen molar-refractivity contribution in [2.24, 2.45) is 0 Å². The first kappa shape index (κ1) is 13.6. The van der Waals surface area contributed by atoms with Crippen LogP contribution in [-0.2, 0) is 9.84 Å². The highest BCUT2D eigenvalue weighted by atomic mass is 32.2. The van der Waals surface area contributed by atoms with Crippen LogP contribution in [0.5, 0.6) is 0 Å². The molecule has 1 N–H and O–H groups in total. The minimum absolute atomic E-state index is 0.0318. The van der Waals surface area contributed by atoms with Gasteiger partial charge in [-0.2, -0.15) is 0 Å². The van der Waals surface area contributed by atoms with Gasteiger partial charge in [0.1, 0.15) is 11.0 Å². The van der Waals surface area contributed by atoms with Crippen molar-refractivity contribution in [3.63, 3.8) is 0 Å². The van der Waals surface area contributed by atoms with E-state index >= 15 is 0 Å². The maximum Gasteiger partial charge on any atom is 0.278 e. The molecule has 23 heavy (non-hydrogen) atoms. The van der Waals surface area contributed by atoms with Crippen LogP contribution in [0.2, 0.25) is 0 Å². The fourth-order valence-electron chi connectivity index (χ4n) is 3.58. The lowest BCUT2D eigenvalue weighted by molar-refractivity contribution is 0.524. The summed E-state index contributed by atoms with van der Waals surface area (Å²) in [5.41, 5.74) is 2.95. The number of thioether (sulfide) groups is 1. The lowest BCUT2D eigenvalue weighted by atomic mass is 10.1. The van der Waals surface area contributed by atoms with Crippen LogP contribution in [0.1, 0.15) is 11.6 Å². The summed E-state index contributed by atoms with van der Waals surface area (Å²) in [5.74, 6) is 0.156. The molecule has 2 aliphatic rings. The predicted octanol–water partition coefficient (Wildman–Crippen LogP) is 1.63. The third kappa shape index (κ3) is 1.79. The number of rotatable bonds is 0. The van der Waals surface area contributed by atoms with Crippen LogP contribution in [0.4, 0.5) is 0 Å². The summed E-state index contributed by atoms with van der Waals surface area (Å²) in [6.07, 6.45) is 0. The van der Waals surface area contributed by atoms with Gasteiger partial charge in [0.15, 0.2) is 15.0 Å². The van der Waals surface area contributed by atoms with Crippen molar-refractivity contribution in [2.75, 3.05) is 11.5 Å². The zero-order valence-electron chi connectivity index (χ0n) is 12.2. The lowest BCUT2D eigenvalue weighted by Gasteiger charge is -2.09. The summed E-state index contributed by atoms with van der Waals surface area (Å²) in [6.45, 7) is 2.00. The van der Waals surface area contributed by atoms with Gasteiger partial charge in [0.25, 0.3) is 5.56 Å². The van der Waals surface area contributed by atoms with E-state index in [1.54, 1.807) is 4.57 Å². The quantitative estimate of drug-likeness (QED) is 0.625. The summed E-state index contributed by atoms with van der Waals surface area (Å²) < 4.78 is 25.3. The average molecular weight is 347 g/mol. The fraction of sp³-hybridized carbons (Fsp3) is 0.333. The van der Waals surface area contributed by atoms with Gasteiger partial charge in [0.05, 0.1) is 17.5 Å². The first-order chi connectivity index (χ1) is 10.9. The highest BCUT2D eigenvalue weighted by molar-refractivity contribution is 8.02. The molecule has 3 aromatic rings. The van der Waals surface area contributed by atoms with Gasteiger partial charge in [0, 0.05) is 16.2 Å². The number of hydrogen-bond donors (Lipinski definition) is 1. The number of benzene rings is 1. The van der Waals surface area contributed by atoms with E-state index in [1.165, 1.54) is 11.8 Å². The number of H-pyrrole nitrogens is 1. The van der Waals surface area contributed by atoms with Gasteiger partial charge in [-0.25, -0.2) is 13.4 Å². The molecular formula is C15H13N3O3S2. The Morgan fingerprint density at radius 1 is 1.35 bits per heavy atom. The standard InChI is InChI=1S/C15H13N3O3S2/c1-7-2-3-9-8(4-7)12-13(16-9)14(19)18-10-5-23(20,21)6-11(10)22-15(18)17-12/h2-4,10-11,16H,5-6H2,1H3/t10-,11+/m0/s1. The predicted molar refractivity (Wildman–Crippen MR) is 89.9 cm³/mol. The van der Waals surface area contributed by atoms with Crippen molar-refractivity contribution >= 4 is 43.5 Å². The van der Waals surface area contributed by atoms with Crippen molar-refractivity contribution in [3.05, 3.63) is 34.1 Å². The number of aryl methyl sites for hydroxylation is 1. The van der Waals surface area contributed by atoms with Crippen LogP contribution >= 0.6 is 11.8 Å². The number of fused-ring (bicyclic) bond motifs is 6. The number of sulfone groups is 1. The highest BCUT2D eigenvalue weighted by Gasteiger charge is 2.46. The molecule has 2 atom stereocenters. The molecule has 2 aromatic heterocycles. The van der Waals surface area contributed by atoms with Crippen molar-refractivity contribution in [3.8, 4) is 0 Å². The molecule has 0 spiro atoms. The number of aromatic nitrogens is 3. The molecule has 0 radical (unpaired) electrons. The van der Waals surface area contributed by atoms with E-state index in [0.29, 0.717) is 16.2 Å². The third-order valence-electron chi connectivity index (χ3n) is 4.63. The molecule has 118 valence electrons. The Morgan fingerprint density at radius 2 is 2.17 bits per heavy atom. The molecule has 4 heterocycles. The van der Waals surface area contributed by atoms with Gasteiger partial charge in [0.2, 0.25) is 0 Å². The minimum Gasteiger partial charge on any atom is -0.349 e. The highest BCUT2D eigenvalue weighted by Crippen LogP contribution is 2.44. The largest absolute Gasteiger partial charge is 0.349 e. The van der Waals surface area contributed by atoms with Gasteiger partial charge in [-0.05, 0) is 19.1 Å². The molecule has 8 heteroatoms. The number of hydrogen-bond acceptors (Lipinski definition) is 5. The van der Waals surface area contributed by atoms with E-state index in [0.717, 1.165) is 16.5 Å². The van der Waals surface area contributed by atoms with Gasteiger partial charge in [-0.15, -0.1) is 0 Å². The Bertz CT molecular complexity index is 1160. The van der Waals surface area contributed by atoms with E-state index in [2.05, 4.69) is 9.97 Å². The molecular weight excluding hydrogens is 334 g/mol. The fourth-order valence-corrected chi connectivity index (χ4v) is 7.48. The molecule has 5 rings (SSSR count). The topological polar surface area (TPSA) is 84.8 Å². The van der Waals surface area contributed by atoms with E-state index < -0.39 is 9.84 Å². The van der Waals surface area contributed by atoms with Crippen LogP contribution in [-0.4, -0.2) is 39.7 Å². The lowest BCUT2D eigenvalue weighted by Crippen LogP contribution is -2.27. The van der Waals surface area contributed by atoms with Crippen molar-refractivity contribution < 1.29 is 8.42 Å². The van der Waals surface area contributed by atoms with Crippen molar-refractivity contribution in [1.82, 2.24) is 14.5 Å². The minimum atomic E-state index is -3.07. The Morgan fingerprint density at radius 3 is 3.00 bits per heavy atom. The summed E-state index contributed by atoms with van der Waals surface area (Å²) >= 11 is 1.41. The van der Waals surface area contributed by atoms with Gasteiger partial charge in [-0.1, -0.05) is 23.4 Å². The van der Waals surface area contributed by atoms with Crippen LogP contribution in [0.15, 0.2) is 28.2 Å². The summed E-state index contributed by atoms with van der Waals surface area (Å²) in [7, 11) is -3.07. The molecule has 1 fully saturated rings. The van der Waals surface area contributed by atoms with Crippen molar-refractivity contribution in [1.29, 1.82) is 0 Å². The molecule has 6 nitrogen and oxygen atoms in total. The second-order valence-electron chi connectivity index (χ2n) is 6.27. The number of nitrogens with zero attached hydrogens (tertiary/aromatic N) is 2. The summed E-state index contributed by atoms with van der Waals surface area (Å²) in [4.78, 5) is 20.7. The molecule has 0 amide bonds. The Labute approximate surface area is 135 Å². The van der Waals surface area contributed by atoms with E-state index in [4.69, 9.17) is 0 Å². The van der Waals surface area contributed by atoms with Gasteiger partial charge in [-0.3, -0.25) is 9.36 Å². The molecule has 0 saturated carbocycles. The summed E-state index contributed by atoms with van der Waals surface area (Å²) in [6, 6.07) is 5.65. The Balaban J connectivity index is 1.84. The molecule has 1 aromatic carbocycles.